The van der Waals surface area contributed by atoms with Gasteiger partial charge < -0.3 is 4.98 Å². The lowest BCUT2D eigenvalue weighted by atomic mass is 9.84. The van der Waals surface area contributed by atoms with E-state index in [4.69, 9.17) is 0 Å². The van der Waals surface area contributed by atoms with Gasteiger partial charge in [0.05, 0.1) is 0 Å². The average Bonchev–Trinajstić information content (AvgIpc) is 2.66. The molecule has 1 N–H and O–H groups in total. The molecule has 0 saturated heterocycles. The number of aromatic nitrogens is 1. The van der Waals surface area contributed by atoms with E-state index in [0.29, 0.717) is 11.1 Å². The molecule has 1 atom stereocenters. The minimum absolute atomic E-state index is 0.108. The Balaban J connectivity index is 2.04. The number of hydrogen-bond donors (Lipinski definition) is 2. The molecular formula is C21H17BrFNO2S. The van der Waals surface area contributed by atoms with E-state index in [1.54, 1.807) is 13.0 Å². The highest BCUT2D eigenvalue weighted by Crippen LogP contribution is 2.35. The molecule has 1 unspecified atom stereocenters. The highest BCUT2D eigenvalue weighted by molar-refractivity contribution is 9.10. The van der Waals surface area contributed by atoms with Gasteiger partial charge in [-0.3, -0.25) is 9.59 Å². The van der Waals surface area contributed by atoms with Crippen LogP contribution < -0.4 is 5.56 Å². The van der Waals surface area contributed by atoms with Crippen LogP contribution in [0.25, 0.3) is 0 Å². The van der Waals surface area contributed by atoms with Crippen molar-refractivity contribution in [2.75, 3.05) is 0 Å². The van der Waals surface area contributed by atoms with Gasteiger partial charge in [-0.2, -0.15) is 0 Å². The molecule has 6 heteroatoms. The summed E-state index contributed by atoms with van der Waals surface area (Å²) in [6.07, 6.45) is 1.61. The maximum atomic E-state index is 13.9. The maximum absolute atomic E-state index is 13.9. The quantitative estimate of drug-likeness (QED) is 0.414. The minimum Gasteiger partial charge on any atom is -0.328 e. The lowest BCUT2D eigenvalue weighted by molar-refractivity contribution is 0.0977. The Morgan fingerprint density at radius 3 is 2.48 bits per heavy atom. The molecule has 1 aromatic heterocycles. The number of Topliss-reactive ketones (excluding diaryl/α,β-unsaturated/α-hetero) is 1. The molecule has 0 spiro atoms. The van der Waals surface area contributed by atoms with E-state index in [9.17, 15) is 14.0 Å². The number of nitrogens with one attached hydrogen (secondary N) is 1. The van der Waals surface area contributed by atoms with Crippen molar-refractivity contribution in [3.05, 3.63) is 97.6 Å². The third-order valence-corrected chi connectivity index (χ3v) is 5.64. The van der Waals surface area contributed by atoms with E-state index in [0.717, 1.165) is 15.6 Å². The monoisotopic (exact) mass is 445 g/mol. The fourth-order valence-electron chi connectivity index (χ4n) is 3.05. The molecule has 27 heavy (non-hydrogen) atoms. The predicted molar refractivity (Wildman–Crippen MR) is 110 cm³/mol. The zero-order chi connectivity index (χ0) is 19.6. The minimum atomic E-state index is -0.388. The van der Waals surface area contributed by atoms with Crippen LogP contribution in [0, 0.1) is 12.7 Å². The van der Waals surface area contributed by atoms with Gasteiger partial charge in [-0.15, -0.1) is 12.6 Å². The van der Waals surface area contributed by atoms with Gasteiger partial charge >= 0.3 is 0 Å². The van der Waals surface area contributed by atoms with E-state index < -0.39 is 0 Å². The van der Waals surface area contributed by atoms with Crippen LogP contribution in [0.2, 0.25) is 0 Å². The molecule has 0 amide bonds. The van der Waals surface area contributed by atoms with Gasteiger partial charge in [0.15, 0.2) is 5.78 Å². The Morgan fingerprint density at radius 1 is 1.15 bits per heavy atom. The van der Waals surface area contributed by atoms with Crippen molar-refractivity contribution >= 4 is 34.3 Å². The largest absolute Gasteiger partial charge is 0.328 e. The fraction of sp³-hybridized carbons (Fsp3) is 0.143. The Kier molecular flexibility index (Phi) is 5.97. The van der Waals surface area contributed by atoms with Crippen molar-refractivity contribution in [1.29, 1.82) is 0 Å². The van der Waals surface area contributed by atoms with Gasteiger partial charge in [-0.05, 0) is 47.9 Å². The Hall–Kier alpha value is -2.18. The SMILES string of the molecule is Cc1c(C(CC(=O)c2ccc(=O)[nH]c2)c2ccc(Br)cc2)ccc(F)c1S. The summed E-state index contributed by atoms with van der Waals surface area (Å²) >= 11 is 7.69. The van der Waals surface area contributed by atoms with Crippen LogP contribution in [0.5, 0.6) is 0 Å². The predicted octanol–water partition coefficient (Wildman–Crippen LogP) is 5.28. The molecule has 138 valence electrons. The highest BCUT2D eigenvalue weighted by Gasteiger charge is 2.22. The van der Waals surface area contributed by atoms with Crippen LogP contribution in [-0.4, -0.2) is 10.8 Å². The van der Waals surface area contributed by atoms with E-state index in [1.807, 2.05) is 24.3 Å². The molecule has 0 bridgehead atoms. The van der Waals surface area contributed by atoms with Crippen molar-refractivity contribution in [2.45, 2.75) is 24.2 Å². The Morgan fingerprint density at radius 2 is 1.85 bits per heavy atom. The number of thiol groups is 1. The van der Waals surface area contributed by atoms with Crippen molar-refractivity contribution in [3.63, 3.8) is 0 Å². The van der Waals surface area contributed by atoms with E-state index in [1.165, 1.54) is 24.4 Å². The Bertz CT molecular complexity index is 1030. The zero-order valence-electron chi connectivity index (χ0n) is 14.5. The molecule has 3 rings (SSSR count). The van der Waals surface area contributed by atoms with Crippen molar-refractivity contribution in [2.24, 2.45) is 0 Å². The number of pyridine rings is 1. The molecule has 2 aromatic carbocycles. The summed E-state index contributed by atoms with van der Waals surface area (Å²) in [5.74, 6) is -0.756. The van der Waals surface area contributed by atoms with Gasteiger partial charge in [0.1, 0.15) is 5.82 Å². The number of carbonyl (C=O) groups excluding carboxylic acids is 1. The lowest BCUT2D eigenvalue weighted by Crippen LogP contribution is -2.13. The maximum Gasteiger partial charge on any atom is 0.247 e. The molecule has 0 aliphatic carbocycles. The number of carbonyl (C=O) groups is 1. The third kappa shape index (κ3) is 4.39. The smallest absolute Gasteiger partial charge is 0.247 e. The number of rotatable bonds is 5. The summed E-state index contributed by atoms with van der Waals surface area (Å²) in [7, 11) is 0. The molecule has 1 heterocycles. The van der Waals surface area contributed by atoms with Crippen molar-refractivity contribution in [1.82, 2.24) is 4.98 Å². The second-order valence-electron chi connectivity index (χ2n) is 6.28. The van der Waals surface area contributed by atoms with Gasteiger partial charge in [-0.25, -0.2) is 4.39 Å². The van der Waals surface area contributed by atoms with Crippen LogP contribution in [0.3, 0.4) is 0 Å². The summed E-state index contributed by atoms with van der Waals surface area (Å²) < 4.78 is 14.8. The van der Waals surface area contributed by atoms with Gasteiger partial charge in [0, 0.05) is 39.5 Å². The molecule has 0 radical (unpaired) electrons. The molecule has 0 aliphatic heterocycles. The van der Waals surface area contributed by atoms with Crippen LogP contribution >= 0.6 is 28.6 Å². The van der Waals surface area contributed by atoms with Gasteiger partial charge in [-0.1, -0.05) is 34.1 Å². The standard InChI is InChI=1S/C21H17BrFNO2S/c1-12-16(7-8-18(23)21(12)27)17(13-2-5-15(22)6-3-13)10-19(25)14-4-9-20(26)24-11-14/h2-9,11,17,27H,10H2,1H3,(H,24,26). The van der Waals surface area contributed by atoms with Crippen molar-refractivity contribution in [3.8, 4) is 0 Å². The zero-order valence-corrected chi connectivity index (χ0v) is 17.0. The summed E-state index contributed by atoms with van der Waals surface area (Å²) in [6, 6.07) is 13.6. The molecular weight excluding hydrogens is 429 g/mol. The highest BCUT2D eigenvalue weighted by atomic mass is 79.9. The van der Waals surface area contributed by atoms with E-state index in [2.05, 4.69) is 33.5 Å². The lowest BCUT2D eigenvalue weighted by Gasteiger charge is -2.21. The fourth-order valence-corrected chi connectivity index (χ4v) is 3.52. The molecule has 3 nitrogen and oxygen atoms in total. The topological polar surface area (TPSA) is 49.9 Å². The summed E-state index contributed by atoms with van der Waals surface area (Å²) in [5, 5.41) is 0. The molecule has 3 aromatic rings. The van der Waals surface area contributed by atoms with Gasteiger partial charge in [0.25, 0.3) is 0 Å². The first-order valence-electron chi connectivity index (χ1n) is 8.32. The molecule has 0 fully saturated rings. The Labute approximate surface area is 170 Å². The average molecular weight is 446 g/mol. The van der Waals surface area contributed by atoms with Crippen LogP contribution in [0.15, 0.2) is 68.9 Å². The summed E-state index contributed by atoms with van der Waals surface area (Å²) in [5.41, 5.74) is 2.67. The van der Waals surface area contributed by atoms with E-state index in [-0.39, 0.29) is 34.4 Å². The van der Waals surface area contributed by atoms with E-state index >= 15 is 0 Å². The number of benzene rings is 2. The summed E-state index contributed by atoms with van der Waals surface area (Å²) in [6.45, 7) is 1.80. The van der Waals surface area contributed by atoms with Crippen LogP contribution in [0.4, 0.5) is 4.39 Å². The number of aromatic amines is 1. The second kappa shape index (κ2) is 8.23. The molecule has 0 aliphatic rings. The number of halogens is 2. The third-order valence-electron chi connectivity index (χ3n) is 4.57. The van der Waals surface area contributed by atoms with Crippen molar-refractivity contribution < 1.29 is 9.18 Å². The first-order valence-corrected chi connectivity index (χ1v) is 9.56. The second-order valence-corrected chi connectivity index (χ2v) is 7.65. The summed E-state index contributed by atoms with van der Waals surface area (Å²) in [4.78, 5) is 26.9. The number of ketones is 1. The molecule has 0 saturated carbocycles. The normalized spacial score (nSPS) is 12.0. The number of hydrogen-bond acceptors (Lipinski definition) is 3. The first-order chi connectivity index (χ1) is 12.9. The number of H-pyrrole nitrogens is 1. The van der Waals surface area contributed by atoms with Crippen LogP contribution in [0.1, 0.15) is 39.4 Å². The first kappa shape index (κ1) is 19.6. The van der Waals surface area contributed by atoms with Gasteiger partial charge in [0.2, 0.25) is 5.56 Å². The van der Waals surface area contributed by atoms with Crippen LogP contribution in [-0.2, 0) is 0 Å².